The highest BCUT2D eigenvalue weighted by atomic mass is 16.5. The van der Waals surface area contributed by atoms with Crippen LogP contribution in [-0.4, -0.2) is 18.4 Å². The molecule has 1 rings (SSSR count). The lowest BCUT2D eigenvalue weighted by atomic mass is 9.96. The Morgan fingerprint density at radius 2 is 1.68 bits per heavy atom. The van der Waals surface area contributed by atoms with Crippen LogP contribution in [0.15, 0.2) is 30.3 Å². The first-order valence-electron chi connectivity index (χ1n) is 8.43. The van der Waals surface area contributed by atoms with Crippen LogP contribution < -0.4 is 0 Å². The molecule has 22 heavy (non-hydrogen) atoms. The largest absolute Gasteiger partial charge is 0.457 e. The maximum absolute atomic E-state index is 12.2. The first-order valence-corrected chi connectivity index (χ1v) is 8.43. The molecule has 0 unspecified atom stereocenters. The van der Waals surface area contributed by atoms with Crippen molar-refractivity contribution in [1.29, 1.82) is 0 Å². The van der Waals surface area contributed by atoms with Gasteiger partial charge in [0.05, 0.1) is 5.92 Å². The number of Topliss-reactive ketones (excluding diaryl/α,β-unsaturated/α-hetero) is 1. The summed E-state index contributed by atoms with van der Waals surface area (Å²) in [6.07, 6.45) is 7.28. The van der Waals surface area contributed by atoms with Crippen molar-refractivity contribution in [2.75, 3.05) is 6.61 Å². The van der Waals surface area contributed by atoms with Crippen LogP contribution in [-0.2, 0) is 9.53 Å². The van der Waals surface area contributed by atoms with Crippen LogP contribution >= 0.6 is 0 Å². The van der Waals surface area contributed by atoms with Gasteiger partial charge in [0.2, 0.25) is 0 Å². The molecule has 0 fully saturated rings. The van der Waals surface area contributed by atoms with Gasteiger partial charge < -0.3 is 4.74 Å². The number of unbranched alkanes of at least 4 members (excludes halogenated alkanes) is 3. The van der Waals surface area contributed by atoms with Crippen molar-refractivity contribution in [2.45, 2.75) is 58.8 Å². The molecule has 0 aliphatic carbocycles. The molecule has 0 bridgehead atoms. The van der Waals surface area contributed by atoms with E-state index in [1.54, 1.807) is 12.1 Å². The molecule has 0 aromatic heterocycles. The van der Waals surface area contributed by atoms with Crippen LogP contribution in [0.5, 0.6) is 0 Å². The zero-order chi connectivity index (χ0) is 16.2. The molecule has 3 heteroatoms. The molecule has 1 atom stereocenters. The molecule has 0 amide bonds. The van der Waals surface area contributed by atoms with Gasteiger partial charge in [-0.3, -0.25) is 9.59 Å². The molecule has 1 aromatic carbocycles. The van der Waals surface area contributed by atoms with E-state index < -0.39 is 0 Å². The van der Waals surface area contributed by atoms with E-state index in [-0.39, 0.29) is 24.3 Å². The van der Waals surface area contributed by atoms with E-state index in [9.17, 15) is 9.59 Å². The predicted molar refractivity (Wildman–Crippen MR) is 88.9 cm³/mol. The maximum Gasteiger partial charge on any atom is 0.309 e. The van der Waals surface area contributed by atoms with Crippen molar-refractivity contribution < 1.29 is 14.3 Å². The summed E-state index contributed by atoms with van der Waals surface area (Å²) in [7, 11) is 0. The number of esters is 1. The molecule has 3 nitrogen and oxygen atoms in total. The highest BCUT2D eigenvalue weighted by Gasteiger charge is 2.20. The van der Waals surface area contributed by atoms with Gasteiger partial charge in [0, 0.05) is 5.56 Å². The third-order valence-electron chi connectivity index (χ3n) is 3.82. The molecule has 0 aliphatic rings. The second-order valence-electron chi connectivity index (χ2n) is 5.73. The fourth-order valence-electron chi connectivity index (χ4n) is 2.51. The monoisotopic (exact) mass is 304 g/mol. The third-order valence-corrected chi connectivity index (χ3v) is 3.82. The second-order valence-corrected chi connectivity index (χ2v) is 5.73. The van der Waals surface area contributed by atoms with Crippen molar-refractivity contribution in [3.8, 4) is 0 Å². The zero-order valence-electron chi connectivity index (χ0n) is 13.8. The number of hydrogen-bond acceptors (Lipinski definition) is 3. The summed E-state index contributed by atoms with van der Waals surface area (Å²) < 4.78 is 5.24. The van der Waals surface area contributed by atoms with Crippen LogP contribution in [0.1, 0.15) is 69.2 Å². The summed E-state index contributed by atoms with van der Waals surface area (Å²) in [6, 6.07) is 8.95. The Bertz CT molecular complexity index is 439. The molecule has 0 heterocycles. The Labute approximate surface area is 134 Å². The van der Waals surface area contributed by atoms with E-state index in [1.807, 2.05) is 18.2 Å². The van der Waals surface area contributed by atoms with Gasteiger partial charge in [0.15, 0.2) is 12.4 Å². The number of carbonyl (C=O) groups is 2. The first-order chi connectivity index (χ1) is 10.7. The van der Waals surface area contributed by atoms with E-state index in [2.05, 4.69) is 13.8 Å². The lowest BCUT2D eigenvalue weighted by molar-refractivity contribution is -0.147. The first kappa shape index (κ1) is 18.4. The highest BCUT2D eigenvalue weighted by molar-refractivity contribution is 5.97. The van der Waals surface area contributed by atoms with Gasteiger partial charge in [0.1, 0.15) is 0 Å². The fraction of sp³-hybridized carbons (Fsp3) is 0.579. The molecule has 122 valence electrons. The van der Waals surface area contributed by atoms with E-state index in [0.717, 1.165) is 32.1 Å². The second kappa shape index (κ2) is 11.0. The number of carbonyl (C=O) groups excluding carboxylic acids is 2. The average Bonchev–Trinajstić information content (AvgIpc) is 2.56. The van der Waals surface area contributed by atoms with Gasteiger partial charge >= 0.3 is 5.97 Å². The van der Waals surface area contributed by atoms with Crippen LogP contribution in [0, 0.1) is 5.92 Å². The van der Waals surface area contributed by atoms with Crippen molar-refractivity contribution in [3.63, 3.8) is 0 Å². The molecule has 0 saturated heterocycles. The minimum absolute atomic E-state index is 0.0644. The topological polar surface area (TPSA) is 43.4 Å². The maximum atomic E-state index is 12.2. The minimum atomic E-state index is -0.220. The van der Waals surface area contributed by atoms with Crippen molar-refractivity contribution >= 4 is 11.8 Å². The fourth-order valence-corrected chi connectivity index (χ4v) is 2.51. The summed E-state index contributed by atoms with van der Waals surface area (Å²) in [5, 5.41) is 0. The standard InChI is InChI=1S/C19H28O3/c1-3-5-6-8-14-17(11-4-2)19(21)22-15-18(20)16-12-9-7-10-13-16/h7,9-10,12-13,17H,3-6,8,11,14-15H2,1-2H3/t17-/m1/s1. The Morgan fingerprint density at radius 1 is 0.955 bits per heavy atom. The lowest BCUT2D eigenvalue weighted by Gasteiger charge is -2.15. The lowest BCUT2D eigenvalue weighted by Crippen LogP contribution is -2.21. The van der Waals surface area contributed by atoms with Crippen molar-refractivity contribution in [1.82, 2.24) is 0 Å². The summed E-state index contributed by atoms with van der Waals surface area (Å²) in [5.41, 5.74) is 0.588. The van der Waals surface area contributed by atoms with Gasteiger partial charge in [-0.25, -0.2) is 0 Å². The van der Waals surface area contributed by atoms with Crippen LogP contribution in [0.25, 0.3) is 0 Å². The Morgan fingerprint density at radius 3 is 2.32 bits per heavy atom. The molecule has 0 N–H and O–H groups in total. The highest BCUT2D eigenvalue weighted by Crippen LogP contribution is 2.18. The molecular weight excluding hydrogens is 276 g/mol. The minimum Gasteiger partial charge on any atom is -0.457 e. The van der Waals surface area contributed by atoms with Crippen molar-refractivity contribution in [2.24, 2.45) is 5.92 Å². The molecule has 0 aliphatic heterocycles. The summed E-state index contributed by atoms with van der Waals surface area (Å²) in [5.74, 6) is -0.428. The van der Waals surface area contributed by atoms with Crippen LogP contribution in [0.4, 0.5) is 0 Å². The quantitative estimate of drug-likeness (QED) is 0.335. The number of rotatable bonds is 11. The molecule has 1 aromatic rings. The summed E-state index contributed by atoms with van der Waals surface area (Å²) >= 11 is 0. The van der Waals surface area contributed by atoms with E-state index >= 15 is 0 Å². The molecular formula is C19H28O3. The number of ether oxygens (including phenoxy) is 1. The van der Waals surface area contributed by atoms with Gasteiger partial charge in [-0.15, -0.1) is 0 Å². The summed E-state index contributed by atoms with van der Waals surface area (Å²) in [4.78, 5) is 24.1. The van der Waals surface area contributed by atoms with Gasteiger partial charge in [-0.05, 0) is 12.8 Å². The molecule has 0 saturated carbocycles. The predicted octanol–water partition coefficient (Wildman–Crippen LogP) is 4.80. The SMILES string of the molecule is CCCCCC[C@@H](CCC)C(=O)OCC(=O)c1ccccc1. The number of hydrogen-bond donors (Lipinski definition) is 0. The van der Waals surface area contributed by atoms with E-state index in [1.165, 1.54) is 12.8 Å². The average molecular weight is 304 g/mol. The van der Waals surface area contributed by atoms with Gasteiger partial charge in [-0.1, -0.05) is 76.3 Å². The Hall–Kier alpha value is -1.64. The smallest absolute Gasteiger partial charge is 0.309 e. The molecule has 0 radical (unpaired) electrons. The van der Waals surface area contributed by atoms with Crippen molar-refractivity contribution in [3.05, 3.63) is 35.9 Å². The van der Waals surface area contributed by atoms with E-state index in [0.29, 0.717) is 5.56 Å². The third kappa shape index (κ3) is 6.88. The molecule has 0 spiro atoms. The van der Waals surface area contributed by atoms with Crippen LogP contribution in [0.2, 0.25) is 0 Å². The van der Waals surface area contributed by atoms with Gasteiger partial charge in [0.25, 0.3) is 0 Å². The van der Waals surface area contributed by atoms with Gasteiger partial charge in [-0.2, -0.15) is 0 Å². The Kier molecular flexibility index (Phi) is 9.20. The number of benzene rings is 1. The summed E-state index contributed by atoms with van der Waals surface area (Å²) in [6.45, 7) is 4.09. The number of ketones is 1. The zero-order valence-corrected chi connectivity index (χ0v) is 13.8. The Balaban J connectivity index is 2.40. The van der Waals surface area contributed by atoms with E-state index in [4.69, 9.17) is 4.74 Å². The normalized spacial score (nSPS) is 11.9. The van der Waals surface area contributed by atoms with Crippen LogP contribution in [0.3, 0.4) is 0 Å².